The summed E-state index contributed by atoms with van der Waals surface area (Å²) in [4.78, 5) is 8.25. The quantitative estimate of drug-likeness (QED) is 0.657. The van der Waals surface area contributed by atoms with Gasteiger partial charge in [-0.05, 0) is 32.8 Å². The van der Waals surface area contributed by atoms with Crippen LogP contribution in [0.5, 0.6) is 0 Å². The van der Waals surface area contributed by atoms with E-state index in [-0.39, 0.29) is 0 Å². The van der Waals surface area contributed by atoms with Crippen LogP contribution in [-0.2, 0) is 13.0 Å². The van der Waals surface area contributed by atoms with Crippen LogP contribution in [0.3, 0.4) is 0 Å². The molecule has 0 radical (unpaired) electrons. The van der Waals surface area contributed by atoms with Crippen LogP contribution in [0, 0.1) is 13.8 Å². The van der Waals surface area contributed by atoms with Crippen LogP contribution in [0.4, 0.5) is 5.82 Å². The average molecular weight is 294 g/mol. The lowest BCUT2D eigenvalue weighted by Crippen LogP contribution is -2.11. The Kier molecular flexibility index (Phi) is 4.95. The molecule has 0 aliphatic carbocycles. The maximum absolute atomic E-state index is 6.06. The van der Waals surface area contributed by atoms with Gasteiger partial charge in [-0.25, -0.2) is 9.97 Å². The first kappa shape index (κ1) is 14.8. The van der Waals surface area contributed by atoms with Crippen molar-refractivity contribution in [1.82, 2.24) is 19.7 Å². The van der Waals surface area contributed by atoms with Crippen molar-refractivity contribution in [2.45, 2.75) is 40.2 Å². The molecule has 0 saturated carbocycles. The summed E-state index contributed by atoms with van der Waals surface area (Å²) in [5.74, 6) is 0.834. The second kappa shape index (κ2) is 6.70. The molecule has 2 rings (SSSR count). The van der Waals surface area contributed by atoms with Crippen LogP contribution < -0.4 is 5.32 Å². The predicted octanol–water partition coefficient (Wildman–Crippen LogP) is 3.01. The summed E-state index contributed by atoms with van der Waals surface area (Å²) in [7, 11) is 0. The van der Waals surface area contributed by atoms with Crippen molar-refractivity contribution in [2.24, 2.45) is 0 Å². The van der Waals surface area contributed by atoms with Crippen molar-refractivity contribution in [3.8, 4) is 0 Å². The van der Waals surface area contributed by atoms with Gasteiger partial charge in [0.25, 0.3) is 0 Å². The normalized spacial score (nSPS) is 10.8. The van der Waals surface area contributed by atoms with E-state index in [0.717, 1.165) is 43.0 Å². The topological polar surface area (TPSA) is 55.6 Å². The van der Waals surface area contributed by atoms with Gasteiger partial charge in [-0.1, -0.05) is 18.5 Å². The standard InChI is InChI=1S/C14H20ClN5/c1-4-12-13(15)17-9-18-14(12)16-6-5-7-20-11(3)8-10(2)19-20/h8-9H,4-7H2,1-3H3,(H,16,17,18). The molecule has 0 aliphatic heterocycles. The molecule has 5 nitrogen and oxygen atoms in total. The fraction of sp³-hybridized carbons (Fsp3) is 0.500. The Morgan fingerprint density at radius 3 is 2.75 bits per heavy atom. The van der Waals surface area contributed by atoms with E-state index < -0.39 is 0 Å². The van der Waals surface area contributed by atoms with Gasteiger partial charge in [-0.15, -0.1) is 0 Å². The second-order valence-corrected chi connectivity index (χ2v) is 5.13. The zero-order valence-corrected chi connectivity index (χ0v) is 12.9. The molecular formula is C14H20ClN5. The van der Waals surface area contributed by atoms with E-state index in [1.807, 2.05) is 18.5 Å². The molecule has 20 heavy (non-hydrogen) atoms. The lowest BCUT2D eigenvalue weighted by Gasteiger charge is -2.10. The number of hydrogen-bond donors (Lipinski definition) is 1. The SMILES string of the molecule is CCc1c(Cl)ncnc1NCCCn1nc(C)cc1C. The van der Waals surface area contributed by atoms with E-state index in [1.54, 1.807) is 0 Å². The predicted molar refractivity (Wildman–Crippen MR) is 81.2 cm³/mol. The van der Waals surface area contributed by atoms with Crippen LogP contribution in [0.1, 0.15) is 30.3 Å². The Morgan fingerprint density at radius 1 is 1.30 bits per heavy atom. The summed E-state index contributed by atoms with van der Waals surface area (Å²) >= 11 is 6.06. The molecular weight excluding hydrogens is 274 g/mol. The molecule has 6 heteroatoms. The Labute approximate surface area is 124 Å². The molecule has 0 amide bonds. The molecule has 0 atom stereocenters. The summed E-state index contributed by atoms with van der Waals surface area (Å²) in [5.41, 5.74) is 3.23. The van der Waals surface area contributed by atoms with E-state index >= 15 is 0 Å². The van der Waals surface area contributed by atoms with Crippen LogP contribution >= 0.6 is 11.6 Å². The minimum atomic E-state index is 0.531. The average Bonchev–Trinajstić information content (AvgIpc) is 2.73. The first-order valence-corrected chi connectivity index (χ1v) is 7.24. The number of hydrogen-bond acceptors (Lipinski definition) is 4. The summed E-state index contributed by atoms with van der Waals surface area (Å²) < 4.78 is 2.03. The minimum absolute atomic E-state index is 0.531. The molecule has 0 spiro atoms. The Balaban J connectivity index is 1.87. The van der Waals surface area contributed by atoms with Gasteiger partial charge in [0.2, 0.25) is 0 Å². The maximum Gasteiger partial charge on any atom is 0.137 e. The minimum Gasteiger partial charge on any atom is -0.370 e. The molecule has 2 heterocycles. The van der Waals surface area contributed by atoms with Gasteiger partial charge in [0.05, 0.1) is 5.69 Å². The summed E-state index contributed by atoms with van der Waals surface area (Å²) in [6, 6.07) is 2.09. The number of halogens is 1. The molecule has 1 N–H and O–H groups in total. The largest absolute Gasteiger partial charge is 0.370 e. The lowest BCUT2D eigenvalue weighted by atomic mass is 10.2. The maximum atomic E-state index is 6.06. The zero-order chi connectivity index (χ0) is 14.5. The molecule has 0 aromatic carbocycles. The zero-order valence-electron chi connectivity index (χ0n) is 12.1. The fourth-order valence-electron chi connectivity index (χ4n) is 2.19. The van der Waals surface area contributed by atoms with Gasteiger partial charge in [0.1, 0.15) is 17.3 Å². The number of rotatable bonds is 6. The van der Waals surface area contributed by atoms with Crippen molar-refractivity contribution in [1.29, 1.82) is 0 Å². The highest BCUT2D eigenvalue weighted by Crippen LogP contribution is 2.19. The van der Waals surface area contributed by atoms with E-state index in [4.69, 9.17) is 11.6 Å². The van der Waals surface area contributed by atoms with Gasteiger partial charge >= 0.3 is 0 Å². The molecule has 0 bridgehead atoms. The second-order valence-electron chi connectivity index (χ2n) is 4.78. The first-order valence-electron chi connectivity index (χ1n) is 6.86. The van der Waals surface area contributed by atoms with E-state index in [9.17, 15) is 0 Å². The molecule has 2 aromatic rings. The number of nitrogens with one attached hydrogen (secondary N) is 1. The molecule has 0 fully saturated rings. The van der Waals surface area contributed by atoms with Crippen molar-refractivity contribution in [2.75, 3.05) is 11.9 Å². The van der Waals surface area contributed by atoms with E-state index in [0.29, 0.717) is 5.15 Å². The summed E-state index contributed by atoms with van der Waals surface area (Å²) in [6.45, 7) is 7.86. The lowest BCUT2D eigenvalue weighted by molar-refractivity contribution is 0.573. The third-order valence-electron chi connectivity index (χ3n) is 3.19. The first-order chi connectivity index (χ1) is 9.61. The molecule has 0 unspecified atom stereocenters. The molecule has 108 valence electrons. The molecule has 2 aromatic heterocycles. The number of nitrogens with zero attached hydrogens (tertiary/aromatic N) is 4. The summed E-state index contributed by atoms with van der Waals surface area (Å²) in [6.07, 6.45) is 3.29. The van der Waals surface area contributed by atoms with Gasteiger partial charge in [0.15, 0.2) is 0 Å². The van der Waals surface area contributed by atoms with Crippen LogP contribution in [0.25, 0.3) is 0 Å². The number of aryl methyl sites for hydroxylation is 3. The highest BCUT2D eigenvalue weighted by atomic mass is 35.5. The van der Waals surface area contributed by atoms with Gasteiger partial charge in [-0.3, -0.25) is 4.68 Å². The van der Waals surface area contributed by atoms with Gasteiger partial charge in [-0.2, -0.15) is 5.10 Å². The van der Waals surface area contributed by atoms with Crippen LogP contribution in [0.2, 0.25) is 5.15 Å². The third kappa shape index (κ3) is 3.48. The summed E-state index contributed by atoms with van der Waals surface area (Å²) in [5, 5.41) is 8.30. The van der Waals surface area contributed by atoms with E-state index in [2.05, 4.69) is 33.4 Å². The van der Waals surface area contributed by atoms with Gasteiger partial charge < -0.3 is 5.32 Å². The molecule has 0 saturated heterocycles. The fourth-order valence-corrected chi connectivity index (χ4v) is 2.46. The number of aromatic nitrogens is 4. The Morgan fingerprint density at radius 2 is 2.10 bits per heavy atom. The van der Waals surface area contributed by atoms with Crippen LogP contribution in [-0.4, -0.2) is 26.3 Å². The highest BCUT2D eigenvalue weighted by molar-refractivity contribution is 6.30. The van der Waals surface area contributed by atoms with Crippen molar-refractivity contribution >= 4 is 17.4 Å². The van der Waals surface area contributed by atoms with Crippen molar-refractivity contribution in [3.05, 3.63) is 34.5 Å². The van der Waals surface area contributed by atoms with Gasteiger partial charge in [0, 0.05) is 24.3 Å². The van der Waals surface area contributed by atoms with Crippen molar-refractivity contribution < 1.29 is 0 Å². The third-order valence-corrected chi connectivity index (χ3v) is 3.51. The number of anilines is 1. The molecule has 0 aliphatic rings. The highest BCUT2D eigenvalue weighted by Gasteiger charge is 2.07. The van der Waals surface area contributed by atoms with E-state index in [1.165, 1.54) is 12.0 Å². The smallest absolute Gasteiger partial charge is 0.137 e. The Bertz CT molecular complexity index is 579. The monoisotopic (exact) mass is 293 g/mol. The van der Waals surface area contributed by atoms with Crippen molar-refractivity contribution in [3.63, 3.8) is 0 Å². The van der Waals surface area contributed by atoms with Crippen LogP contribution in [0.15, 0.2) is 12.4 Å². The Hall–Kier alpha value is -1.62.